The molecule has 3 heteroatoms. The summed E-state index contributed by atoms with van der Waals surface area (Å²) >= 11 is 0. The minimum atomic E-state index is 1.11. The molecular formula is C21H25N3+2. The fraction of sp³-hybridized carbons (Fsp3) is 0.286. The van der Waals surface area contributed by atoms with Crippen molar-refractivity contribution in [3.63, 3.8) is 0 Å². The lowest BCUT2D eigenvalue weighted by molar-refractivity contribution is -0.914. The fourth-order valence-electron chi connectivity index (χ4n) is 3.61. The van der Waals surface area contributed by atoms with Crippen molar-refractivity contribution in [1.29, 1.82) is 0 Å². The molecule has 3 nitrogen and oxygen atoms in total. The molecule has 122 valence electrons. The van der Waals surface area contributed by atoms with Crippen LogP contribution in [0.1, 0.15) is 11.1 Å². The molecular weight excluding hydrogens is 294 g/mol. The first-order valence-corrected chi connectivity index (χ1v) is 8.84. The molecule has 2 N–H and O–H groups in total. The van der Waals surface area contributed by atoms with Gasteiger partial charge in [0.1, 0.15) is 38.2 Å². The third-order valence-corrected chi connectivity index (χ3v) is 5.16. The number of aromatic amines is 1. The summed E-state index contributed by atoms with van der Waals surface area (Å²) in [6.45, 7) is 7.95. The summed E-state index contributed by atoms with van der Waals surface area (Å²) in [5, 5.41) is 1.27. The van der Waals surface area contributed by atoms with Crippen molar-refractivity contribution in [2.24, 2.45) is 0 Å². The summed E-state index contributed by atoms with van der Waals surface area (Å²) in [7, 11) is 0. The Kier molecular flexibility index (Phi) is 4.18. The Bertz CT molecular complexity index is 835. The van der Waals surface area contributed by atoms with Gasteiger partial charge in [0.05, 0.1) is 0 Å². The topological polar surface area (TPSA) is 21.8 Å². The highest BCUT2D eigenvalue weighted by molar-refractivity contribution is 5.76. The number of piperazine rings is 1. The second-order valence-electron chi connectivity index (χ2n) is 6.77. The van der Waals surface area contributed by atoms with Gasteiger partial charge in [0.25, 0.3) is 5.82 Å². The lowest BCUT2D eigenvalue weighted by Gasteiger charge is -2.28. The zero-order chi connectivity index (χ0) is 16.4. The molecule has 0 spiro atoms. The van der Waals surface area contributed by atoms with E-state index in [2.05, 4.69) is 77.5 Å². The first kappa shape index (κ1) is 15.2. The minimum Gasteiger partial charge on any atom is -0.325 e. The molecule has 1 saturated heterocycles. The van der Waals surface area contributed by atoms with Crippen LogP contribution in [0.3, 0.4) is 0 Å². The van der Waals surface area contributed by atoms with Gasteiger partial charge in [-0.3, -0.25) is 4.90 Å². The van der Waals surface area contributed by atoms with Gasteiger partial charge in [-0.2, -0.15) is 0 Å². The zero-order valence-electron chi connectivity index (χ0n) is 14.3. The number of fused-ring (bicyclic) bond motifs is 1. The Labute approximate surface area is 143 Å². The Morgan fingerprint density at radius 1 is 0.917 bits per heavy atom. The molecule has 2 heterocycles. The van der Waals surface area contributed by atoms with Crippen LogP contribution in [-0.4, -0.2) is 26.2 Å². The largest absolute Gasteiger partial charge is 0.325 e. The highest BCUT2D eigenvalue weighted by Crippen LogP contribution is 2.13. The molecule has 2 aromatic carbocycles. The Morgan fingerprint density at radius 3 is 2.50 bits per heavy atom. The van der Waals surface area contributed by atoms with E-state index in [0.29, 0.717) is 0 Å². The molecule has 0 amide bonds. The van der Waals surface area contributed by atoms with Crippen LogP contribution >= 0.6 is 0 Å². The number of nitrogens with one attached hydrogen (secondary N) is 2. The van der Waals surface area contributed by atoms with E-state index in [4.69, 9.17) is 0 Å². The summed E-state index contributed by atoms with van der Waals surface area (Å²) in [6, 6.07) is 21.7. The highest BCUT2D eigenvalue weighted by Gasteiger charge is 2.26. The number of anilines is 1. The third kappa shape index (κ3) is 3.13. The van der Waals surface area contributed by atoms with Crippen LogP contribution in [0, 0.1) is 6.92 Å². The number of para-hydroxylation sites is 1. The van der Waals surface area contributed by atoms with E-state index in [9.17, 15) is 0 Å². The first-order chi connectivity index (χ1) is 11.8. The predicted molar refractivity (Wildman–Crippen MR) is 98.3 cm³/mol. The smallest absolute Gasteiger partial charge is 0.275 e. The summed E-state index contributed by atoms with van der Waals surface area (Å²) in [5.74, 6) is 1.24. The summed E-state index contributed by atoms with van der Waals surface area (Å²) < 4.78 is 0. The molecule has 1 aliphatic rings. The van der Waals surface area contributed by atoms with Crippen LogP contribution in [0.4, 0.5) is 5.82 Å². The molecule has 0 aliphatic carbocycles. The number of H-pyrrole nitrogens is 1. The maximum absolute atomic E-state index is 3.59. The second-order valence-corrected chi connectivity index (χ2v) is 6.77. The number of hydrogen-bond acceptors (Lipinski definition) is 1. The zero-order valence-corrected chi connectivity index (χ0v) is 14.3. The average Bonchev–Trinajstić information content (AvgIpc) is 2.64. The number of nitrogens with zero attached hydrogens (tertiary/aromatic N) is 1. The molecule has 1 fully saturated rings. The van der Waals surface area contributed by atoms with Crippen molar-refractivity contribution >= 4 is 16.7 Å². The van der Waals surface area contributed by atoms with Gasteiger partial charge in [-0.15, -0.1) is 0 Å². The molecule has 0 bridgehead atoms. The van der Waals surface area contributed by atoms with Crippen molar-refractivity contribution in [2.45, 2.75) is 13.5 Å². The second kappa shape index (κ2) is 6.62. The first-order valence-electron chi connectivity index (χ1n) is 8.84. The van der Waals surface area contributed by atoms with Gasteiger partial charge >= 0.3 is 0 Å². The van der Waals surface area contributed by atoms with E-state index in [1.165, 1.54) is 40.9 Å². The molecule has 0 radical (unpaired) electrons. The van der Waals surface area contributed by atoms with Crippen molar-refractivity contribution in [3.05, 3.63) is 71.8 Å². The van der Waals surface area contributed by atoms with Crippen LogP contribution in [0.2, 0.25) is 0 Å². The molecule has 0 unspecified atom stereocenters. The van der Waals surface area contributed by atoms with Crippen LogP contribution in [-0.2, 0) is 6.54 Å². The van der Waals surface area contributed by atoms with Gasteiger partial charge in [0.2, 0.25) is 0 Å². The third-order valence-electron chi connectivity index (χ3n) is 5.16. The van der Waals surface area contributed by atoms with Crippen molar-refractivity contribution in [3.8, 4) is 0 Å². The Balaban J connectivity index is 1.42. The van der Waals surface area contributed by atoms with Gasteiger partial charge in [-0.05, 0) is 24.6 Å². The van der Waals surface area contributed by atoms with E-state index in [0.717, 1.165) is 19.6 Å². The monoisotopic (exact) mass is 319 g/mol. The molecule has 3 aromatic rings. The minimum absolute atomic E-state index is 1.11. The standard InChI is InChI=1S/C21H23N3/c1-17-6-2-3-8-19(17)16-23-12-14-24(15-13-23)21-11-10-18-7-4-5-9-20(18)22-21/h2-11H,12-16H2,1H3/p+2. The maximum Gasteiger partial charge on any atom is 0.275 e. The van der Waals surface area contributed by atoms with Crippen LogP contribution in [0.5, 0.6) is 0 Å². The number of pyridine rings is 1. The molecule has 1 aliphatic heterocycles. The van der Waals surface area contributed by atoms with Gasteiger partial charge in [-0.25, -0.2) is 4.98 Å². The lowest BCUT2D eigenvalue weighted by atomic mass is 10.1. The highest BCUT2D eigenvalue weighted by atomic mass is 15.3. The Hall–Kier alpha value is -2.39. The van der Waals surface area contributed by atoms with E-state index in [1.54, 1.807) is 4.90 Å². The quantitative estimate of drug-likeness (QED) is 0.782. The number of aryl methyl sites for hydroxylation is 1. The van der Waals surface area contributed by atoms with E-state index in [-0.39, 0.29) is 0 Å². The fourth-order valence-corrected chi connectivity index (χ4v) is 3.61. The maximum atomic E-state index is 3.59. The normalized spacial score (nSPS) is 15.8. The summed E-state index contributed by atoms with van der Waals surface area (Å²) in [5.41, 5.74) is 4.11. The van der Waals surface area contributed by atoms with Crippen molar-refractivity contribution < 1.29 is 9.88 Å². The van der Waals surface area contributed by atoms with E-state index in [1.807, 2.05) is 0 Å². The number of rotatable bonds is 3. The number of benzene rings is 2. The SMILES string of the molecule is Cc1ccccc1C[NH+]1CCN(c2ccc3ccccc3[nH+]2)CC1. The van der Waals surface area contributed by atoms with Crippen LogP contribution in [0.25, 0.3) is 10.9 Å². The van der Waals surface area contributed by atoms with E-state index < -0.39 is 0 Å². The van der Waals surface area contributed by atoms with Crippen molar-refractivity contribution in [2.75, 3.05) is 31.1 Å². The molecule has 0 saturated carbocycles. The Morgan fingerprint density at radius 2 is 1.67 bits per heavy atom. The van der Waals surface area contributed by atoms with Gasteiger partial charge in [0.15, 0.2) is 0 Å². The number of aromatic nitrogens is 1. The number of quaternary nitrogens is 1. The summed E-state index contributed by atoms with van der Waals surface area (Å²) in [6.07, 6.45) is 0. The van der Waals surface area contributed by atoms with Crippen LogP contribution < -0.4 is 14.8 Å². The molecule has 1 aromatic heterocycles. The predicted octanol–water partition coefficient (Wildman–Crippen LogP) is 1.87. The van der Waals surface area contributed by atoms with Gasteiger partial charge < -0.3 is 4.90 Å². The van der Waals surface area contributed by atoms with Gasteiger partial charge in [-0.1, -0.05) is 42.5 Å². The van der Waals surface area contributed by atoms with Crippen molar-refractivity contribution in [1.82, 2.24) is 0 Å². The van der Waals surface area contributed by atoms with Crippen LogP contribution in [0.15, 0.2) is 60.7 Å². The van der Waals surface area contributed by atoms with E-state index >= 15 is 0 Å². The molecule has 0 atom stereocenters. The summed E-state index contributed by atoms with van der Waals surface area (Å²) in [4.78, 5) is 7.75. The molecule has 24 heavy (non-hydrogen) atoms. The number of hydrogen-bond donors (Lipinski definition) is 1. The molecule has 4 rings (SSSR count). The lowest BCUT2D eigenvalue weighted by Crippen LogP contribution is -3.13. The van der Waals surface area contributed by atoms with Gasteiger partial charge in [0, 0.05) is 17.0 Å². The average molecular weight is 319 g/mol.